The van der Waals surface area contributed by atoms with Gasteiger partial charge in [-0.25, -0.2) is 0 Å². The van der Waals surface area contributed by atoms with Gasteiger partial charge in [0.1, 0.15) is 5.25 Å². The normalized spacial score (nSPS) is 15.3. The molecule has 148 valence electrons. The molecule has 0 bridgehead atoms. The van der Waals surface area contributed by atoms with Crippen LogP contribution in [0.15, 0.2) is 59.8 Å². The Morgan fingerprint density at radius 3 is 2.45 bits per heavy atom. The van der Waals surface area contributed by atoms with E-state index in [1.54, 1.807) is 0 Å². The van der Waals surface area contributed by atoms with Gasteiger partial charge in [0, 0.05) is 5.69 Å². The van der Waals surface area contributed by atoms with Crippen molar-refractivity contribution in [3.05, 3.63) is 71.5 Å². The molecule has 1 aliphatic rings. The highest BCUT2D eigenvalue weighted by atomic mass is 32.2. The fraction of sp³-hybridized carbons (Fsp3) is 0.348. The predicted octanol–water partition coefficient (Wildman–Crippen LogP) is 4.40. The van der Waals surface area contributed by atoms with Crippen LogP contribution in [-0.4, -0.2) is 38.0 Å². The summed E-state index contributed by atoms with van der Waals surface area (Å²) in [5.41, 5.74) is 3.43. The number of hydrogen-bond acceptors (Lipinski definition) is 5. The van der Waals surface area contributed by atoms with Crippen molar-refractivity contribution in [3.63, 3.8) is 0 Å². The van der Waals surface area contributed by atoms with E-state index in [1.807, 2.05) is 18.2 Å². The number of thioether (sulfide) groups is 1. The van der Waals surface area contributed by atoms with Gasteiger partial charge in [-0.05, 0) is 57.0 Å². The van der Waals surface area contributed by atoms with Gasteiger partial charge in [0.25, 0.3) is 0 Å². The summed E-state index contributed by atoms with van der Waals surface area (Å²) in [5.74, 6) is 0.938. The smallest absolute Gasteiger partial charge is 0.197 e. The van der Waals surface area contributed by atoms with Crippen molar-refractivity contribution in [3.8, 4) is 11.8 Å². The van der Waals surface area contributed by atoms with Crippen LogP contribution in [-0.2, 0) is 13.0 Å². The molecule has 0 N–H and O–H groups in total. The maximum Gasteiger partial charge on any atom is 0.197 e. The van der Waals surface area contributed by atoms with Crippen LogP contribution >= 0.6 is 11.8 Å². The minimum Gasteiger partial charge on any atom is -0.296 e. The lowest BCUT2D eigenvalue weighted by Gasteiger charge is -2.16. The molecule has 1 fully saturated rings. The zero-order chi connectivity index (χ0) is 20.1. The van der Waals surface area contributed by atoms with E-state index in [0.717, 1.165) is 41.9 Å². The van der Waals surface area contributed by atoms with E-state index in [-0.39, 0.29) is 5.25 Å². The third-order valence-corrected chi connectivity index (χ3v) is 6.24. The van der Waals surface area contributed by atoms with Crippen LogP contribution in [0.25, 0.3) is 5.69 Å². The molecule has 1 atom stereocenters. The number of aromatic nitrogens is 3. The maximum absolute atomic E-state index is 9.76. The molecule has 2 heterocycles. The number of rotatable bonds is 7. The van der Waals surface area contributed by atoms with Crippen LogP contribution in [0.3, 0.4) is 0 Å². The quantitative estimate of drug-likeness (QED) is 0.547. The number of likely N-dealkylation sites (tertiary alicyclic amines) is 1. The third-order valence-electron chi connectivity index (χ3n) is 5.21. The molecule has 0 aliphatic carbocycles. The Morgan fingerprint density at radius 2 is 1.76 bits per heavy atom. The second kappa shape index (κ2) is 9.25. The van der Waals surface area contributed by atoms with E-state index in [0.29, 0.717) is 6.42 Å². The average Bonchev–Trinajstić information content (AvgIpc) is 3.40. The fourth-order valence-corrected chi connectivity index (χ4v) is 4.62. The number of nitrogens with zero attached hydrogens (tertiary/aromatic N) is 5. The van der Waals surface area contributed by atoms with Crippen LogP contribution in [0.5, 0.6) is 0 Å². The highest BCUT2D eigenvalue weighted by molar-refractivity contribution is 8.00. The zero-order valence-electron chi connectivity index (χ0n) is 16.7. The predicted molar refractivity (Wildman–Crippen MR) is 116 cm³/mol. The Hall–Kier alpha value is -2.62. The summed E-state index contributed by atoms with van der Waals surface area (Å²) in [7, 11) is 0. The number of benzene rings is 2. The molecule has 0 amide bonds. The molecule has 6 heteroatoms. The van der Waals surface area contributed by atoms with Crippen LogP contribution < -0.4 is 0 Å². The topological polar surface area (TPSA) is 57.7 Å². The van der Waals surface area contributed by atoms with Crippen LogP contribution in [0.2, 0.25) is 0 Å². The van der Waals surface area contributed by atoms with Gasteiger partial charge in [-0.15, -0.1) is 10.2 Å². The largest absolute Gasteiger partial charge is 0.296 e. The maximum atomic E-state index is 9.76. The van der Waals surface area contributed by atoms with Gasteiger partial charge in [0.05, 0.1) is 12.6 Å². The van der Waals surface area contributed by atoms with Gasteiger partial charge in [-0.2, -0.15) is 5.26 Å². The monoisotopic (exact) mass is 403 g/mol. The zero-order valence-corrected chi connectivity index (χ0v) is 17.5. The number of hydrogen-bond donors (Lipinski definition) is 0. The molecule has 5 nitrogen and oxygen atoms in total. The SMILES string of the molecule is Cc1ccc(CC(C#N)Sc2nnc(CN3CCCC3)n2-c2ccccc2)cc1. The van der Waals surface area contributed by atoms with E-state index in [4.69, 9.17) is 0 Å². The molecule has 0 radical (unpaired) electrons. The third kappa shape index (κ3) is 4.87. The second-order valence-electron chi connectivity index (χ2n) is 7.48. The van der Waals surface area contributed by atoms with Crippen molar-refractivity contribution >= 4 is 11.8 Å². The summed E-state index contributed by atoms with van der Waals surface area (Å²) in [6, 6.07) is 21.0. The average molecular weight is 404 g/mol. The number of para-hydroxylation sites is 1. The summed E-state index contributed by atoms with van der Waals surface area (Å²) in [4.78, 5) is 2.42. The first-order valence-corrected chi connectivity index (χ1v) is 10.9. The summed E-state index contributed by atoms with van der Waals surface area (Å²) < 4.78 is 2.11. The first kappa shape index (κ1) is 19.7. The van der Waals surface area contributed by atoms with Gasteiger partial charge >= 0.3 is 0 Å². The standard InChI is InChI=1S/C23H25N5S/c1-18-9-11-19(12-10-18)15-21(16-24)29-23-26-25-22(17-27-13-5-6-14-27)28(23)20-7-3-2-4-8-20/h2-4,7-12,21H,5-6,13-15,17H2,1H3. The molecule has 4 rings (SSSR count). The summed E-state index contributed by atoms with van der Waals surface area (Å²) in [6.45, 7) is 5.08. The Bertz CT molecular complexity index is 969. The van der Waals surface area contributed by atoms with Gasteiger partial charge in [-0.1, -0.05) is 59.8 Å². The minimum absolute atomic E-state index is 0.219. The molecule has 2 aromatic carbocycles. The van der Waals surface area contributed by atoms with Crippen LogP contribution in [0, 0.1) is 18.3 Å². The van der Waals surface area contributed by atoms with E-state index >= 15 is 0 Å². The number of nitriles is 1. The molecule has 0 saturated carbocycles. The van der Waals surface area contributed by atoms with E-state index in [2.05, 4.69) is 69.1 Å². The summed E-state index contributed by atoms with van der Waals surface area (Å²) in [6.07, 6.45) is 3.17. The lowest BCUT2D eigenvalue weighted by molar-refractivity contribution is 0.319. The van der Waals surface area contributed by atoms with E-state index in [1.165, 1.54) is 30.2 Å². The van der Waals surface area contributed by atoms with Gasteiger partial charge in [0.2, 0.25) is 0 Å². The van der Waals surface area contributed by atoms with E-state index in [9.17, 15) is 5.26 Å². The van der Waals surface area contributed by atoms with Crippen molar-refractivity contribution < 1.29 is 0 Å². The molecule has 1 saturated heterocycles. The summed E-state index contributed by atoms with van der Waals surface area (Å²) >= 11 is 1.50. The molecule has 1 unspecified atom stereocenters. The van der Waals surface area contributed by atoms with Crippen molar-refractivity contribution in [2.45, 2.75) is 43.1 Å². The first-order valence-electron chi connectivity index (χ1n) is 10.1. The highest BCUT2D eigenvalue weighted by Crippen LogP contribution is 2.28. The number of aryl methyl sites for hydroxylation is 1. The Kier molecular flexibility index (Phi) is 6.28. The van der Waals surface area contributed by atoms with Crippen molar-refractivity contribution in [1.82, 2.24) is 19.7 Å². The first-order chi connectivity index (χ1) is 14.2. The molecule has 1 aliphatic heterocycles. The lowest BCUT2D eigenvalue weighted by Crippen LogP contribution is -2.21. The Morgan fingerprint density at radius 1 is 1.03 bits per heavy atom. The van der Waals surface area contributed by atoms with Gasteiger partial charge in [0.15, 0.2) is 11.0 Å². The Labute approximate surface area is 176 Å². The minimum atomic E-state index is -0.219. The fourth-order valence-electron chi connectivity index (χ4n) is 3.64. The molecular formula is C23H25N5S. The van der Waals surface area contributed by atoms with Crippen molar-refractivity contribution in [1.29, 1.82) is 5.26 Å². The van der Waals surface area contributed by atoms with Crippen molar-refractivity contribution in [2.24, 2.45) is 0 Å². The molecule has 3 aromatic rings. The molecule has 29 heavy (non-hydrogen) atoms. The highest BCUT2D eigenvalue weighted by Gasteiger charge is 2.22. The second-order valence-corrected chi connectivity index (χ2v) is 8.65. The molecule has 0 spiro atoms. The lowest BCUT2D eigenvalue weighted by atomic mass is 10.1. The Balaban J connectivity index is 1.59. The molecular weight excluding hydrogens is 378 g/mol. The summed E-state index contributed by atoms with van der Waals surface area (Å²) in [5, 5.41) is 19.3. The van der Waals surface area contributed by atoms with Crippen LogP contribution in [0.4, 0.5) is 0 Å². The van der Waals surface area contributed by atoms with Crippen LogP contribution in [0.1, 0.15) is 29.8 Å². The molecule has 1 aromatic heterocycles. The van der Waals surface area contributed by atoms with Gasteiger partial charge in [-0.3, -0.25) is 9.47 Å². The van der Waals surface area contributed by atoms with E-state index < -0.39 is 0 Å². The van der Waals surface area contributed by atoms with Crippen molar-refractivity contribution in [2.75, 3.05) is 13.1 Å². The van der Waals surface area contributed by atoms with Gasteiger partial charge < -0.3 is 0 Å².